The van der Waals surface area contributed by atoms with Crippen molar-refractivity contribution in [3.8, 4) is 5.82 Å². The highest BCUT2D eigenvalue weighted by Crippen LogP contribution is 2.46. The summed E-state index contributed by atoms with van der Waals surface area (Å²) in [5.41, 5.74) is 4.98. The van der Waals surface area contributed by atoms with Crippen molar-refractivity contribution in [2.45, 2.75) is 19.3 Å². The van der Waals surface area contributed by atoms with Gasteiger partial charge in [0.2, 0.25) is 0 Å². The molecule has 0 saturated heterocycles. The lowest BCUT2D eigenvalue weighted by molar-refractivity contribution is 0.426. The number of benzene rings is 2. The van der Waals surface area contributed by atoms with Crippen molar-refractivity contribution in [1.29, 1.82) is 0 Å². The molecule has 0 radical (unpaired) electrons. The van der Waals surface area contributed by atoms with Crippen molar-refractivity contribution in [1.82, 2.24) is 9.55 Å². The highest BCUT2D eigenvalue weighted by atomic mass is 16.4. The predicted molar refractivity (Wildman–Crippen MR) is 101 cm³/mol. The zero-order chi connectivity index (χ0) is 17.3. The van der Waals surface area contributed by atoms with Crippen LogP contribution in [-0.4, -0.2) is 26.7 Å². The Labute approximate surface area is 145 Å². The van der Waals surface area contributed by atoms with E-state index in [-0.39, 0.29) is 5.41 Å². The molecule has 0 saturated carbocycles. The molecule has 0 aliphatic carbocycles. The first kappa shape index (κ1) is 14.7. The molecule has 4 nitrogen and oxygen atoms in total. The van der Waals surface area contributed by atoms with Crippen LogP contribution in [0.25, 0.3) is 27.6 Å². The minimum atomic E-state index is -1.47. The molecule has 5 rings (SSSR count). The van der Waals surface area contributed by atoms with Gasteiger partial charge in [-0.25, -0.2) is 4.98 Å². The number of rotatable bonds is 1. The molecule has 2 aromatic heterocycles. The Balaban J connectivity index is 2.04. The van der Waals surface area contributed by atoms with Crippen molar-refractivity contribution < 1.29 is 10.0 Å². The van der Waals surface area contributed by atoms with Gasteiger partial charge in [0.25, 0.3) is 0 Å². The summed E-state index contributed by atoms with van der Waals surface area (Å²) in [6, 6.07) is 16.0. The first-order chi connectivity index (χ1) is 12.0. The summed E-state index contributed by atoms with van der Waals surface area (Å²) < 4.78 is 2.20. The first-order valence-corrected chi connectivity index (χ1v) is 8.40. The quantitative estimate of drug-likeness (QED) is 0.528. The molecule has 5 heteroatoms. The topological polar surface area (TPSA) is 58.3 Å². The Morgan fingerprint density at radius 3 is 2.56 bits per heavy atom. The summed E-state index contributed by atoms with van der Waals surface area (Å²) in [4.78, 5) is 4.68. The molecule has 0 unspecified atom stereocenters. The molecule has 4 aromatic rings. The number of hydrogen-bond donors (Lipinski definition) is 2. The van der Waals surface area contributed by atoms with Gasteiger partial charge in [-0.1, -0.05) is 50.2 Å². The van der Waals surface area contributed by atoms with Crippen LogP contribution in [0.15, 0.2) is 54.7 Å². The van der Waals surface area contributed by atoms with Crippen LogP contribution in [0.1, 0.15) is 25.0 Å². The number of aromatic nitrogens is 2. The third-order valence-electron chi connectivity index (χ3n) is 5.45. The monoisotopic (exact) mass is 328 g/mol. The molecule has 0 bridgehead atoms. The fraction of sp³-hybridized carbons (Fsp3) is 0.150. The largest absolute Gasteiger partial charge is 0.488 e. The predicted octanol–water partition coefficient (Wildman–Crippen LogP) is 2.50. The second-order valence-corrected chi connectivity index (χ2v) is 7.19. The van der Waals surface area contributed by atoms with Gasteiger partial charge in [0.1, 0.15) is 5.82 Å². The molecule has 3 heterocycles. The van der Waals surface area contributed by atoms with E-state index in [2.05, 4.69) is 47.7 Å². The van der Waals surface area contributed by atoms with Crippen molar-refractivity contribution >= 4 is 34.4 Å². The number of fused-ring (bicyclic) bond motifs is 5. The van der Waals surface area contributed by atoms with Gasteiger partial charge >= 0.3 is 7.12 Å². The maximum Gasteiger partial charge on any atom is 0.488 e. The van der Waals surface area contributed by atoms with Crippen molar-refractivity contribution in [3.63, 3.8) is 0 Å². The van der Waals surface area contributed by atoms with Crippen LogP contribution >= 0.6 is 0 Å². The summed E-state index contributed by atoms with van der Waals surface area (Å²) in [5.74, 6) is 0.948. The van der Waals surface area contributed by atoms with Crippen molar-refractivity contribution in [2.75, 3.05) is 0 Å². The van der Waals surface area contributed by atoms with Gasteiger partial charge in [0.15, 0.2) is 0 Å². The van der Waals surface area contributed by atoms with E-state index in [0.29, 0.717) is 5.46 Å². The summed E-state index contributed by atoms with van der Waals surface area (Å²) >= 11 is 0. The Kier molecular flexibility index (Phi) is 2.77. The summed E-state index contributed by atoms with van der Waals surface area (Å²) in [7, 11) is -1.47. The normalized spacial score (nSPS) is 14.7. The lowest BCUT2D eigenvalue weighted by atomic mass is 9.76. The second kappa shape index (κ2) is 4.72. The maximum absolute atomic E-state index is 9.56. The van der Waals surface area contributed by atoms with E-state index < -0.39 is 7.12 Å². The van der Waals surface area contributed by atoms with Gasteiger partial charge < -0.3 is 10.0 Å². The van der Waals surface area contributed by atoms with Gasteiger partial charge in [0.05, 0.1) is 11.0 Å². The molecule has 25 heavy (non-hydrogen) atoms. The number of hydrogen-bond acceptors (Lipinski definition) is 3. The fourth-order valence-electron chi connectivity index (χ4n) is 4.18. The molecule has 2 aromatic carbocycles. The maximum atomic E-state index is 9.56. The van der Waals surface area contributed by atoms with Crippen LogP contribution in [0, 0.1) is 0 Å². The second-order valence-electron chi connectivity index (χ2n) is 7.19. The van der Waals surface area contributed by atoms with Gasteiger partial charge in [-0.05, 0) is 23.2 Å². The molecular formula is C20H17BN2O2. The van der Waals surface area contributed by atoms with Crippen LogP contribution in [0.3, 0.4) is 0 Å². The molecule has 1 aliphatic heterocycles. The van der Waals surface area contributed by atoms with Gasteiger partial charge in [0, 0.05) is 27.9 Å². The van der Waals surface area contributed by atoms with E-state index in [0.717, 1.165) is 27.6 Å². The lowest BCUT2D eigenvalue weighted by Crippen LogP contribution is -2.29. The van der Waals surface area contributed by atoms with Gasteiger partial charge in [-0.2, -0.15) is 0 Å². The van der Waals surface area contributed by atoms with E-state index in [1.165, 1.54) is 11.1 Å². The highest BCUT2D eigenvalue weighted by Gasteiger charge is 2.35. The smallest absolute Gasteiger partial charge is 0.423 e. The Hall–Kier alpha value is -2.63. The molecule has 0 spiro atoms. The molecule has 0 atom stereocenters. The average Bonchev–Trinajstić information content (AvgIpc) is 2.94. The van der Waals surface area contributed by atoms with Crippen LogP contribution in [0.4, 0.5) is 0 Å². The Morgan fingerprint density at radius 2 is 1.76 bits per heavy atom. The minimum Gasteiger partial charge on any atom is -0.423 e. The Morgan fingerprint density at radius 1 is 0.960 bits per heavy atom. The molecule has 1 aliphatic rings. The Bertz CT molecular complexity index is 1160. The zero-order valence-electron chi connectivity index (χ0n) is 14.1. The lowest BCUT2D eigenvalue weighted by Gasteiger charge is -2.33. The molecule has 2 N–H and O–H groups in total. The van der Waals surface area contributed by atoms with E-state index in [1.54, 1.807) is 6.07 Å². The highest BCUT2D eigenvalue weighted by molar-refractivity contribution is 6.59. The van der Waals surface area contributed by atoms with Gasteiger partial charge in [-0.3, -0.25) is 4.57 Å². The summed E-state index contributed by atoms with van der Waals surface area (Å²) in [6.45, 7) is 4.46. The number of para-hydroxylation sites is 1. The standard InChI is InChI=1S/C20H17BN2O2/c1-20(2)15-6-3-5-13-14-11-12(21(24)25)8-9-17(14)23(18(13)15)19-16(20)7-4-10-22-19/h3-11,24-25H,1-2H3. The van der Waals surface area contributed by atoms with Crippen molar-refractivity contribution in [3.05, 3.63) is 65.9 Å². The van der Waals surface area contributed by atoms with Crippen LogP contribution in [0.5, 0.6) is 0 Å². The first-order valence-electron chi connectivity index (χ1n) is 8.40. The van der Waals surface area contributed by atoms with Crippen LogP contribution < -0.4 is 5.46 Å². The number of pyridine rings is 1. The molecule has 0 amide bonds. The third-order valence-corrected chi connectivity index (χ3v) is 5.45. The minimum absolute atomic E-state index is 0.146. The zero-order valence-corrected chi connectivity index (χ0v) is 14.1. The average molecular weight is 328 g/mol. The van der Waals surface area contributed by atoms with Crippen molar-refractivity contribution in [2.24, 2.45) is 0 Å². The van der Waals surface area contributed by atoms with Crippen LogP contribution in [-0.2, 0) is 5.41 Å². The van der Waals surface area contributed by atoms with E-state index >= 15 is 0 Å². The number of nitrogens with zero attached hydrogens (tertiary/aromatic N) is 2. The fourth-order valence-corrected chi connectivity index (χ4v) is 4.18. The third kappa shape index (κ3) is 1.77. The van der Waals surface area contributed by atoms with Gasteiger partial charge in [-0.15, -0.1) is 0 Å². The summed E-state index contributed by atoms with van der Waals surface area (Å²) in [5, 5.41) is 21.2. The summed E-state index contributed by atoms with van der Waals surface area (Å²) in [6.07, 6.45) is 1.83. The van der Waals surface area contributed by atoms with E-state index in [1.807, 2.05) is 24.4 Å². The molecular weight excluding hydrogens is 311 g/mol. The van der Waals surface area contributed by atoms with E-state index in [4.69, 9.17) is 0 Å². The van der Waals surface area contributed by atoms with Crippen LogP contribution in [0.2, 0.25) is 0 Å². The molecule has 0 fully saturated rings. The SMILES string of the molecule is CC1(C)c2cccnc2-n2c3ccc(B(O)O)cc3c3cccc1c32. The molecule has 122 valence electrons. The van der Waals surface area contributed by atoms with E-state index in [9.17, 15) is 10.0 Å².